The van der Waals surface area contributed by atoms with Gasteiger partial charge in [0.15, 0.2) is 0 Å². The second kappa shape index (κ2) is 12.2. The highest BCUT2D eigenvalue weighted by atomic mass is 13.8. The molecule has 0 radical (unpaired) electrons. The van der Waals surface area contributed by atoms with E-state index >= 15 is 0 Å². The van der Waals surface area contributed by atoms with Crippen molar-refractivity contribution in [3.63, 3.8) is 0 Å². The van der Waals surface area contributed by atoms with Crippen molar-refractivity contribution in [3.8, 4) is 0 Å². The van der Waals surface area contributed by atoms with E-state index in [0.717, 1.165) is 19.3 Å². The molecule has 0 amide bonds. The van der Waals surface area contributed by atoms with E-state index in [4.69, 9.17) is 0 Å². The second-order valence-electron chi connectivity index (χ2n) is 3.44. The number of hydrogen-bond donors (Lipinski definition) is 0. The molecule has 0 saturated carbocycles. The van der Waals surface area contributed by atoms with Crippen molar-refractivity contribution in [3.05, 3.63) is 36.5 Å². The van der Waals surface area contributed by atoms with Gasteiger partial charge in [-0.2, -0.15) is 0 Å². The van der Waals surface area contributed by atoms with Crippen LogP contribution in [0.3, 0.4) is 0 Å². The molecule has 0 unspecified atom stereocenters. The van der Waals surface area contributed by atoms with E-state index in [2.05, 4.69) is 50.3 Å². The van der Waals surface area contributed by atoms with Gasteiger partial charge in [0.2, 0.25) is 0 Å². The van der Waals surface area contributed by atoms with Crippen molar-refractivity contribution >= 4 is 0 Å². The fourth-order valence-electron chi connectivity index (χ4n) is 1.15. The van der Waals surface area contributed by atoms with Crippen molar-refractivity contribution in [2.75, 3.05) is 0 Å². The summed E-state index contributed by atoms with van der Waals surface area (Å²) in [5, 5.41) is 0. The van der Waals surface area contributed by atoms with Gasteiger partial charge in [0.05, 0.1) is 0 Å². The Balaban J connectivity index is 3.25. The minimum absolute atomic E-state index is 1.08. The first-order valence-corrected chi connectivity index (χ1v) is 5.86. The average molecular weight is 192 g/mol. The summed E-state index contributed by atoms with van der Waals surface area (Å²) in [7, 11) is 0. The summed E-state index contributed by atoms with van der Waals surface area (Å²) in [5.74, 6) is 0. The second-order valence-corrected chi connectivity index (χ2v) is 3.44. The van der Waals surface area contributed by atoms with Gasteiger partial charge in [-0.1, -0.05) is 63.1 Å². The molecule has 0 aliphatic rings. The molecule has 0 aliphatic carbocycles. The smallest absolute Gasteiger partial charge is 0.0169 e. The summed E-state index contributed by atoms with van der Waals surface area (Å²) in [6, 6.07) is 0. The van der Waals surface area contributed by atoms with Gasteiger partial charge >= 0.3 is 0 Å². The number of unbranched alkanes of at least 4 members (excludes halogenated alkanes) is 2. The number of allylic oxidation sites excluding steroid dienone is 6. The van der Waals surface area contributed by atoms with E-state index in [-0.39, 0.29) is 0 Å². The molecule has 0 spiro atoms. The van der Waals surface area contributed by atoms with E-state index in [1.165, 1.54) is 19.3 Å². The summed E-state index contributed by atoms with van der Waals surface area (Å²) in [5.41, 5.74) is 0. The van der Waals surface area contributed by atoms with E-state index in [1.807, 2.05) is 0 Å². The lowest BCUT2D eigenvalue weighted by Crippen LogP contribution is -1.66. The van der Waals surface area contributed by atoms with Crippen LogP contribution in [-0.2, 0) is 0 Å². The van der Waals surface area contributed by atoms with Crippen molar-refractivity contribution in [1.29, 1.82) is 0 Å². The van der Waals surface area contributed by atoms with Crippen LogP contribution in [0.4, 0.5) is 0 Å². The van der Waals surface area contributed by atoms with Gasteiger partial charge in [-0.05, 0) is 25.7 Å². The van der Waals surface area contributed by atoms with Crippen molar-refractivity contribution < 1.29 is 0 Å². The minimum Gasteiger partial charge on any atom is -0.0885 e. The monoisotopic (exact) mass is 192 g/mol. The molecule has 0 heteroatoms. The van der Waals surface area contributed by atoms with Gasteiger partial charge in [0, 0.05) is 0 Å². The molecule has 80 valence electrons. The molecule has 0 aliphatic heterocycles. The molecule has 0 aromatic rings. The molecule has 0 fully saturated rings. The van der Waals surface area contributed by atoms with Crippen LogP contribution in [-0.4, -0.2) is 0 Å². The molecule has 14 heavy (non-hydrogen) atoms. The van der Waals surface area contributed by atoms with Crippen LogP contribution >= 0.6 is 0 Å². The lowest BCUT2D eigenvalue weighted by Gasteiger charge is -1.87. The third-order valence-electron chi connectivity index (χ3n) is 2.00. The number of hydrogen-bond acceptors (Lipinski definition) is 0. The molecule has 0 atom stereocenters. The molecular formula is C14H24. The molecular weight excluding hydrogens is 168 g/mol. The lowest BCUT2D eigenvalue weighted by molar-refractivity contribution is 0.813. The molecule has 0 nitrogen and oxygen atoms in total. The van der Waals surface area contributed by atoms with Gasteiger partial charge in [0.25, 0.3) is 0 Å². The fraction of sp³-hybridized carbons (Fsp3) is 0.571. The molecule has 0 saturated heterocycles. The Hall–Kier alpha value is -0.780. The molecule has 0 aromatic heterocycles. The first-order valence-electron chi connectivity index (χ1n) is 5.86. The Kier molecular flexibility index (Phi) is 11.5. The van der Waals surface area contributed by atoms with Crippen LogP contribution in [0.5, 0.6) is 0 Å². The maximum atomic E-state index is 2.29. The first kappa shape index (κ1) is 13.2. The van der Waals surface area contributed by atoms with Crippen LogP contribution in [0.2, 0.25) is 0 Å². The van der Waals surface area contributed by atoms with Crippen LogP contribution in [0.25, 0.3) is 0 Å². The fourth-order valence-corrected chi connectivity index (χ4v) is 1.15. The highest BCUT2D eigenvalue weighted by molar-refractivity contribution is 4.96. The van der Waals surface area contributed by atoms with Gasteiger partial charge in [-0.15, -0.1) is 0 Å². The predicted molar refractivity (Wildman–Crippen MR) is 66.5 cm³/mol. The van der Waals surface area contributed by atoms with E-state index in [9.17, 15) is 0 Å². The van der Waals surface area contributed by atoms with Crippen molar-refractivity contribution in [2.24, 2.45) is 0 Å². The first-order chi connectivity index (χ1) is 6.91. The van der Waals surface area contributed by atoms with Crippen molar-refractivity contribution in [1.82, 2.24) is 0 Å². The molecule has 0 rings (SSSR count). The average Bonchev–Trinajstić information content (AvgIpc) is 2.21. The zero-order valence-corrected chi connectivity index (χ0v) is 9.71. The summed E-state index contributed by atoms with van der Waals surface area (Å²) in [6.07, 6.45) is 20.6. The topological polar surface area (TPSA) is 0 Å². The highest BCUT2D eigenvalue weighted by Crippen LogP contribution is 1.97. The Bertz CT molecular complexity index is 172. The van der Waals surface area contributed by atoms with Crippen LogP contribution in [0, 0.1) is 0 Å². The van der Waals surface area contributed by atoms with Gasteiger partial charge in [-0.3, -0.25) is 0 Å². The minimum atomic E-state index is 1.08. The third kappa shape index (κ3) is 11.2. The summed E-state index contributed by atoms with van der Waals surface area (Å²) >= 11 is 0. The summed E-state index contributed by atoms with van der Waals surface area (Å²) in [4.78, 5) is 0. The Morgan fingerprint density at radius 3 is 1.86 bits per heavy atom. The molecule has 0 N–H and O–H groups in total. The highest BCUT2D eigenvalue weighted by Gasteiger charge is 1.76. The van der Waals surface area contributed by atoms with E-state index in [1.54, 1.807) is 0 Å². The van der Waals surface area contributed by atoms with Gasteiger partial charge in [0.1, 0.15) is 0 Å². The van der Waals surface area contributed by atoms with Crippen LogP contribution < -0.4 is 0 Å². The Labute approximate surface area is 89.4 Å². The Morgan fingerprint density at radius 1 is 0.714 bits per heavy atom. The predicted octanol–water partition coefficient (Wildman–Crippen LogP) is 5.04. The maximum Gasteiger partial charge on any atom is -0.0169 e. The van der Waals surface area contributed by atoms with E-state index in [0.29, 0.717) is 0 Å². The largest absolute Gasteiger partial charge is 0.0885 e. The van der Waals surface area contributed by atoms with Crippen molar-refractivity contribution in [2.45, 2.75) is 52.4 Å². The summed E-state index contributed by atoms with van der Waals surface area (Å²) < 4.78 is 0. The Morgan fingerprint density at radius 2 is 1.29 bits per heavy atom. The SMILES string of the molecule is CC/C=C\C/C=C\C/C=C\CCCC. The quantitative estimate of drug-likeness (QED) is 0.373. The maximum absolute atomic E-state index is 2.29. The molecule has 0 bridgehead atoms. The van der Waals surface area contributed by atoms with Crippen LogP contribution in [0.15, 0.2) is 36.5 Å². The third-order valence-corrected chi connectivity index (χ3v) is 2.00. The normalized spacial score (nSPS) is 12.4. The van der Waals surface area contributed by atoms with E-state index < -0.39 is 0 Å². The van der Waals surface area contributed by atoms with Gasteiger partial charge in [-0.25, -0.2) is 0 Å². The zero-order chi connectivity index (χ0) is 10.5. The lowest BCUT2D eigenvalue weighted by atomic mass is 10.2. The standard InChI is InChI=1S/C14H24/c1-3-5-7-9-11-13-14-12-10-8-6-4-2/h5,7,10-13H,3-4,6,8-9,14H2,1-2H3/b7-5-,12-10-,13-11-. The molecule has 0 aromatic carbocycles. The zero-order valence-electron chi connectivity index (χ0n) is 9.71. The van der Waals surface area contributed by atoms with Gasteiger partial charge < -0.3 is 0 Å². The molecule has 0 heterocycles. The number of rotatable bonds is 8. The van der Waals surface area contributed by atoms with Crippen LogP contribution in [0.1, 0.15) is 52.4 Å². The summed E-state index contributed by atoms with van der Waals surface area (Å²) in [6.45, 7) is 4.39.